The summed E-state index contributed by atoms with van der Waals surface area (Å²) in [5, 5.41) is 3.61. The molecular weight excluding hydrogens is 464 g/mol. The topological polar surface area (TPSA) is 66.9 Å². The number of methoxy groups -OCH3 is 2. The number of ether oxygens (including phenoxy) is 2. The number of nitrogens with one attached hydrogen (secondary N) is 1. The predicted molar refractivity (Wildman–Crippen MR) is 138 cm³/mol. The van der Waals surface area contributed by atoms with E-state index in [1.165, 1.54) is 5.56 Å². The number of nitrogens with zero attached hydrogens (tertiary/aromatic N) is 3. The van der Waals surface area contributed by atoms with E-state index >= 15 is 0 Å². The lowest BCUT2D eigenvalue weighted by Crippen LogP contribution is -2.52. The van der Waals surface area contributed by atoms with Crippen molar-refractivity contribution in [3.63, 3.8) is 0 Å². The first-order valence-electron chi connectivity index (χ1n) is 11.7. The molecule has 1 aliphatic rings. The van der Waals surface area contributed by atoms with Gasteiger partial charge in [0.05, 0.1) is 14.2 Å². The van der Waals surface area contributed by atoms with Gasteiger partial charge in [-0.05, 0) is 55.0 Å². The SMILES string of the molecule is COc1ccc(CN2CCN(c3ncccc3CNC(=O)c3ccc(Cl)cc3)CC2C)cc1OC. The van der Waals surface area contributed by atoms with Crippen LogP contribution in [-0.4, -0.2) is 55.7 Å². The highest BCUT2D eigenvalue weighted by molar-refractivity contribution is 6.30. The number of anilines is 1. The van der Waals surface area contributed by atoms with Crippen molar-refractivity contribution in [2.24, 2.45) is 0 Å². The molecule has 1 fully saturated rings. The number of piperazine rings is 1. The van der Waals surface area contributed by atoms with E-state index in [2.05, 4.69) is 33.1 Å². The number of halogens is 1. The van der Waals surface area contributed by atoms with Gasteiger partial charge in [-0.2, -0.15) is 0 Å². The van der Waals surface area contributed by atoms with Crippen molar-refractivity contribution in [3.05, 3.63) is 82.5 Å². The maximum absolute atomic E-state index is 12.6. The number of benzene rings is 2. The minimum absolute atomic E-state index is 0.135. The average molecular weight is 495 g/mol. The molecule has 0 spiro atoms. The molecule has 1 atom stereocenters. The Kier molecular flexibility index (Phi) is 8.10. The van der Waals surface area contributed by atoms with Gasteiger partial charge < -0.3 is 19.7 Å². The molecule has 2 aromatic carbocycles. The number of hydrogen-bond acceptors (Lipinski definition) is 6. The van der Waals surface area contributed by atoms with Crippen LogP contribution in [-0.2, 0) is 13.1 Å². The number of pyridine rings is 1. The summed E-state index contributed by atoms with van der Waals surface area (Å²) in [6.07, 6.45) is 1.81. The quantitative estimate of drug-likeness (QED) is 0.501. The van der Waals surface area contributed by atoms with E-state index in [1.807, 2.05) is 24.3 Å². The Hall–Kier alpha value is -3.29. The minimum Gasteiger partial charge on any atom is -0.493 e. The first-order chi connectivity index (χ1) is 17.0. The van der Waals surface area contributed by atoms with Crippen molar-refractivity contribution < 1.29 is 14.3 Å². The molecule has 7 nitrogen and oxygen atoms in total. The molecule has 1 aromatic heterocycles. The highest BCUT2D eigenvalue weighted by Gasteiger charge is 2.26. The molecule has 0 aliphatic carbocycles. The first kappa shape index (κ1) is 24.8. The second kappa shape index (κ2) is 11.4. The normalized spacial score (nSPS) is 16.1. The van der Waals surface area contributed by atoms with Gasteiger partial charge in [0.15, 0.2) is 11.5 Å². The van der Waals surface area contributed by atoms with E-state index in [9.17, 15) is 4.79 Å². The summed E-state index contributed by atoms with van der Waals surface area (Å²) in [6, 6.07) is 17.2. The van der Waals surface area contributed by atoms with Crippen molar-refractivity contribution in [2.45, 2.75) is 26.1 Å². The van der Waals surface area contributed by atoms with Crippen LogP contribution in [0.25, 0.3) is 0 Å². The average Bonchev–Trinajstić information content (AvgIpc) is 2.89. The summed E-state index contributed by atoms with van der Waals surface area (Å²) in [7, 11) is 3.30. The van der Waals surface area contributed by atoms with E-state index in [-0.39, 0.29) is 5.91 Å². The Balaban J connectivity index is 1.39. The number of rotatable bonds is 8. The third kappa shape index (κ3) is 6.05. The molecule has 1 saturated heterocycles. The molecular formula is C27H31ClN4O3. The summed E-state index contributed by atoms with van der Waals surface area (Å²) in [4.78, 5) is 22.0. The Morgan fingerprint density at radius 2 is 1.86 bits per heavy atom. The van der Waals surface area contributed by atoms with E-state index in [1.54, 1.807) is 44.7 Å². The molecule has 1 unspecified atom stereocenters. The van der Waals surface area contributed by atoms with Crippen LogP contribution < -0.4 is 19.7 Å². The van der Waals surface area contributed by atoms with Gasteiger partial charge in [0, 0.05) is 61.1 Å². The van der Waals surface area contributed by atoms with E-state index in [4.69, 9.17) is 21.1 Å². The highest BCUT2D eigenvalue weighted by atomic mass is 35.5. The summed E-state index contributed by atoms with van der Waals surface area (Å²) in [5.74, 6) is 2.26. The van der Waals surface area contributed by atoms with Crippen LogP contribution >= 0.6 is 11.6 Å². The number of carbonyl (C=O) groups is 1. The first-order valence-corrected chi connectivity index (χ1v) is 12.0. The molecule has 1 N–H and O–H groups in total. The summed E-state index contributed by atoms with van der Waals surface area (Å²) in [5.41, 5.74) is 2.76. The van der Waals surface area contributed by atoms with Crippen molar-refractivity contribution in [2.75, 3.05) is 38.8 Å². The van der Waals surface area contributed by atoms with E-state index in [0.717, 1.165) is 49.1 Å². The van der Waals surface area contributed by atoms with Crippen LogP contribution in [0.3, 0.4) is 0 Å². The van der Waals surface area contributed by atoms with Crippen LogP contribution in [0.1, 0.15) is 28.4 Å². The van der Waals surface area contributed by atoms with Gasteiger partial charge in [0.25, 0.3) is 5.91 Å². The smallest absolute Gasteiger partial charge is 0.251 e. The maximum Gasteiger partial charge on any atom is 0.251 e. The van der Waals surface area contributed by atoms with Crippen molar-refractivity contribution in [1.29, 1.82) is 0 Å². The summed E-state index contributed by atoms with van der Waals surface area (Å²) < 4.78 is 10.8. The molecule has 4 rings (SSSR count). The third-order valence-electron chi connectivity index (χ3n) is 6.31. The Morgan fingerprint density at radius 3 is 2.57 bits per heavy atom. The lowest BCUT2D eigenvalue weighted by molar-refractivity contribution is 0.0951. The van der Waals surface area contributed by atoms with Gasteiger partial charge in [-0.1, -0.05) is 23.7 Å². The predicted octanol–water partition coefficient (Wildman–Crippen LogP) is 4.39. The van der Waals surface area contributed by atoms with E-state index < -0.39 is 0 Å². The Bertz CT molecular complexity index is 1160. The van der Waals surface area contributed by atoms with Gasteiger partial charge >= 0.3 is 0 Å². The van der Waals surface area contributed by atoms with Gasteiger partial charge in [0.2, 0.25) is 0 Å². The Morgan fingerprint density at radius 1 is 1.09 bits per heavy atom. The van der Waals surface area contributed by atoms with Crippen LogP contribution in [0.5, 0.6) is 11.5 Å². The monoisotopic (exact) mass is 494 g/mol. The third-order valence-corrected chi connectivity index (χ3v) is 6.56. The molecule has 184 valence electrons. The zero-order valence-electron chi connectivity index (χ0n) is 20.3. The molecule has 0 bridgehead atoms. The standard InChI is InChI=1S/C27H31ClN4O3/c1-19-17-32(14-13-31(19)18-20-6-11-24(34-2)25(15-20)35-3)26-22(5-4-12-29-26)16-30-27(33)21-7-9-23(28)10-8-21/h4-12,15,19H,13-14,16-18H2,1-3H3,(H,30,33). The molecule has 8 heteroatoms. The van der Waals surface area contributed by atoms with Crippen LogP contribution in [0, 0.1) is 0 Å². The number of carbonyl (C=O) groups excluding carboxylic acids is 1. The molecule has 1 amide bonds. The van der Waals surface area contributed by atoms with Crippen LogP contribution in [0.4, 0.5) is 5.82 Å². The minimum atomic E-state index is -0.135. The highest BCUT2D eigenvalue weighted by Crippen LogP contribution is 2.29. The van der Waals surface area contributed by atoms with Crippen molar-refractivity contribution >= 4 is 23.3 Å². The summed E-state index contributed by atoms with van der Waals surface area (Å²) in [6.45, 7) is 6.09. The van der Waals surface area contributed by atoms with Crippen LogP contribution in [0.2, 0.25) is 5.02 Å². The zero-order valence-corrected chi connectivity index (χ0v) is 21.1. The number of aromatic nitrogens is 1. The maximum atomic E-state index is 12.6. The Labute approximate surface area is 211 Å². The molecule has 0 saturated carbocycles. The van der Waals surface area contributed by atoms with Crippen molar-refractivity contribution in [1.82, 2.24) is 15.2 Å². The van der Waals surface area contributed by atoms with Gasteiger partial charge in [-0.3, -0.25) is 9.69 Å². The molecule has 1 aliphatic heterocycles. The van der Waals surface area contributed by atoms with Gasteiger partial charge in [-0.25, -0.2) is 4.98 Å². The number of amides is 1. The largest absolute Gasteiger partial charge is 0.493 e. The molecule has 0 radical (unpaired) electrons. The van der Waals surface area contributed by atoms with Crippen molar-refractivity contribution in [3.8, 4) is 11.5 Å². The number of hydrogen-bond donors (Lipinski definition) is 1. The van der Waals surface area contributed by atoms with Crippen LogP contribution in [0.15, 0.2) is 60.8 Å². The fourth-order valence-electron chi connectivity index (χ4n) is 4.37. The fraction of sp³-hybridized carbons (Fsp3) is 0.333. The second-order valence-corrected chi connectivity index (χ2v) is 9.07. The molecule has 3 aromatic rings. The molecule has 2 heterocycles. The van der Waals surface area contributed by atoms with Gasteiger partial charge in [-0.15, -0.1) is 0 Å². The summed E-state index contributed by atoms with van der Waals surface area (Å²) >= 11 is 5.93. The lowest BCUT2D eigenvalue weighted by atomic mass is 10.1. The van der Waals surface area contributed by atoms with Gasteiger partial charge in [0.1, 0.15) is 5.82 Å². The zero-order chi connectivity index (χ0) is 24.8. The van der Waals surface area contributed by atoms with E-state index in [0.29, 0.717) is 23.2 Å². The molecule has 35 heavy (non-hydrogen) atoms. The lowest BCUT2D eigenvalue weighted by Gasteiger charge is -2.41. The fourth-order valence-corrected chi connectivity index (χ4v) is 4.49. The second-order valence-electron chi connectivity index (χ2n) is 8.63.